The van der Waals surface area contributed by atoms with Gasteiger partial charge in [0.2, 0.25) is 0 Å². The number of rotatable bonds is 0. The first-order valence-corrected chi connectivity index (χ1v) is 10.6. The smallest absolute Gasteiger partial charge is 0.0272 e. The van der Waals surface area contributed by atoms with Gasteiger partial charge >= 0.3 is 0 Å². The Kier molecular flexibility index (Phi) is 5.39. The van der Waals surface area contributed by atoms with Crippen molar-refractivity contribution < 1.29 is 0 Å². The Bertz CT molecular complexity index is 528. The van der Waals surface area contributed by atoms with E-state index in [-0.39, 0.29) is 24.2 Å². The van der Waals surface area contributed by atoms with E-state index in [0.717, 1.165) is 0 Å². The predicted molar refractivity (Wildman–Crippen MR) is 108 cm³/mol. The van der Waals surface area contributed by atoms with Crippen LogP contribution in [0.4, 0.5) is 0 Å². The molecule has 1 heterocycles. The van der Waals surface area contributed by atoms with Crippen molar-refractivity contribution in [2.75, 3.05) is 0 Å². The van der Waals surface area contributed by atoms with Gasteiger partial charge in [-0.2, -0.15) is 0 Å². The first kappa shape index (κ1) is 20.2. The molecule has 0 fully saturated rings. The van der Waals surface area contributed by atoms with Crippen LogP contribution in [0.3, 0.4) is 0 Å². The summed E-state index contributed by atoms with van der Waals surface area (Å²) in [7, 11) is 1.13. The maximum absolute atomic E-state index is 3.92. The summed E-state index contributed by atoms with van der Waals surface area (Å²) in [6.45, 7) is 28.5. The van der Waals surface area contributed by atoms with Crippen LogP contribution in [0.5, 0.6) is 0 Å². The molecule has 0 radical (unpaired) electrons. The first-order valence-electron chi connectivity index (χ1n) is 8.37. The topological polar surface area (TPSA) is 0 Å². The van der Waals surface area contributed by atoms with Crippen LogP contribution in [0.2, 0.25) is 0 Å². The Morgan fingerprint density at radius 2 is 1.14 bits per heavy atom. The molecule has 0 aliphatic carbocycles. The van der Waals surface area contributed by atoms with Crippen molar-refractivity contribution in [3.8, 4) is 0 Å². The molecule has 0 nitrogen and oxygen atoms in total. The molecule has 0 saturated heterocycles. The SMILES string of the molecule is CC(C)(C)C1=C=C(C(C)(C)C)P(C(C)(C)C)C(C(C)(C)C)=P1. The zero-order chi connectivity index (χ0) is 17.7. The third-order valence-corrected chi connectivity index (χ3v) is 10.1. The minimum Gasteiger partial charge on any atom is -0.107 e. The average molecular weight is 338 g/mol. The molecule has 0 bridgehead atoms. The molecular formula is C20H36P2. The molecule has 0 spiro atoms. The largest absolute Gasteiger partial charge is 0.107 e. The highest BCUT2D eigenvalue weighted by Crippen LogP contribution is 2.68. The maximum atomic E-state index is 3.92. The quantitative estimate of drug-likeness (QED) is 0.311. The van der Waals surface area contributed by atoms with Crippen LogP contribution in [-0.2, 0) is 0 Å². The zero-order valence-electron chi connectivity index (χ0n) is 16.9. The van der Waals surface area contributed by atoms with E-state index < -0.39 is 0 Å². The van der Waals surface area contributed by atoms with Gasteiger partial charge < -0.3 is 0 Å². The average Bonchev–Trinajstić information content (AvgIpc) is 2.22. The second-order valence-corrected chi connectivity index (χ2v) is 14.9. The molecule has 0 aromatic carbocycles. The molecule has 22 heavy (non-hydrogen) atoms. The summed E-state index contributed by atoms with van der Waals surface area (Å²) < 4.78 is 0. The number of hydrogen-bond donors (Lipinski definition) is 0. The van der Waals surface area contributed by atoms with Gasteiger partial charge in [0.15, 0.2) is 0 Å². The lowest BCUT2D eigenvalue weighted by molar-refractivity contribution is 0.518. The lowest BCUT2D eigenvalue weighted by Gasteiger charge is -2.45. The molecule has 0 amide bonds. The van der Waals surface area contributed by atoms with Crippen LogP contribution in [0, 0.1) is 16.2 Å². The van der Waals surface area contributed by atoms with Gasteiger partial charge in [0.25, 0.3) is 0 Å². The molecule has 0 saturated carbocycles. The minimum absolute atomic E-state index is 0.182. The van der Waals surface area contributed by atoms with Gasteiger partial charge in [0, 0.05) is 10.6 Å². The molecule has 0 aromatic heterocycles. The van der Waals surface area contributed by atoms with Crippen molar-refractivity contribution in [2.24, 2.45) is 16.2 Å². The highest BCUT2D eigenvalue weighted by molar-refractivity contribution is 7.90. The molecule has 1 rings (SSSR count). The third kappa shape index (κ3) is 4.57. The van der Waals surface area contributed by atoms with Crippen molar-refractivity contribution in [2.45, 2.75) is 88.2 Å². The lowest BCUT2D eigenvalue weighted by atomic mass is 9.93. The normalized spacial score (nSPS) is 22.0. The van der Waals surface area contributed by atoms with Crippen LogP contribution in [0.15, 0.2) is 16.4 Å². The summed E-state index contributed by atoms with van der Waals surface area (Å²) in [5.74, 6) is 0. The summed E-state index contributed by atoms with van der Waals surface area (Å²) in [5.41, 5.74) is 4.54. The fourth-order valence-electron chi connectivity index (χ4n) is 2.49. The molecule has 0 aromatic rings. The van der Waals surface area contributed by atoms with Gasteiger partial charge in [-0.1, -0.05) is 91.3 Å². The van der Waals surface area contributed by atoms with Gasteiger partial charge in [-0.3, -0.25) is 0 Å². The monoisotopic (exact) mass is 338 g/mol. The molecule has 0 N–H and O–H groups in total. The zero-order valence-corrected chi connectivity index (χ0v) is 18.7. The highest BCUT2D eigenvalue weighted by atomic mass is 31.1. The van der Waals surface area contributed by atoms with Crippen LogP contribution in [0.1, 0.15) is 83.1 Å². The first-order chi connectivity index (χ1) is 9.45. The van der Waals surface area contributed by atoms with E-state index >= 15 is 0 Å². The van der Waals surface area contributed by atoms with E-state index in [4.69, 9.17) is 0 Å². The number of allylic oxidation sites excluding steroid dienone is 1. The van der Waals surface area contributed by atoms with Crippen LogP contribution < -0.4 is 0 Å². The van der Waals surface area contributed by atoms with E-state index in [1.807, 2.05) is 0 Å². The standard InChI is InChI=1S/C20H36P2/c1-17(2,3)14-13-15(18(4,5)6)22(20(10,11)12)16(21-14)19(7,8)9/h1-12H3. The lowest BCUT2D eigenvalue weighted by Crippen LogP contribution is -2.30. The summed E-state index contributed by atoms with van der Waals surface area (Å²) in [4.78, 5) is 0. The van der Waals surface area contributed by atoms with Crippen LogP contribution in [-0.4, -0.2) is 10.2 Å². The molecule has 1 unspecified atom stereocenters. The molecule has 1 aliphatic heterocycles. The number of hydrogen-bond acceptors (Lipinski definition) is 0. The van der Waals surface area contributed by atoms with Crippen molar-refractivity contribution in [3.63, 3.8) is 0 Å². The molecule has 126 valence electrons. The highest BCUT2D eigenvalue weighted by Gasteiger charge is 2.42. The van der Waals surface area contributed by atoms with E-state index in [0.29, 0.717) is 5.16 Å². The molecule has 1 aliphatic rings. The van der Waals surface area contributed by atoms with Gasteiger partial charge in [-0.05, 0) is 34.4 Å². The third-order valence-electron chi connectivity index (χ3n) is 3.65. The Labute approximate surface area is 142 Å². The van der Waals surface area contributed by atoms with Crippen LogP contribution >= 0.6 is 16.1 Å². The minimum atomic E-state index is -0.301. The van der Waals surface area contributed by atoms with Crippen molar-refractivity contribution in [1.82, 2.24) is 0 Å². The second-order valence-electron chi connectivity index (χ2n) is 10.5. The Morgan fingerprint density at radius 3 is 1.41 bits per heavy atom. The van der Waals surface area contributed by atoms with Gasteiger partial charge in [0.05, 0.1) is 0 Å². The molecular weight excluding hydrogens is 302 g/mol. The van der Waals surface area contributed by atoms with E-state index in [2.05, 4.69) is 88.8 Å². The summed E-state index contributed by atoms with van der Waals surface area (Å²) >= 11 is 0. The van der Waals surface area contributed by atoms with Gasteiger partial charge in [-0.25, -0.2) is 0 Å². The molecule has 1 atom stereocenters. The maximum Gasteiger partial charge on any atom is 0.0272 e. The van der Waals surface area contributed by atoms with Crippen molar-refractivity contribution in [3.05, 3.63) is 16.4 Å². The van der Waals surface area contributed by atoms with E-state index in [1.165, 1.54) is 13.5 Å². The van der Waals surface area contributed by atoms with Crippen LogP contribution in [0.25, 0.3) is 0 Å². The second kappa shape index (κ2) is 5.88. The summed E-state index contributed by atoms with van der Waals surface area (Å²) in [6.07, 6.45) is 0. The predicted octanol–water partition coefficient (Wildman–Crippen LogP) is 7.86. The Hall–Kier alpha value is 0.120. The van der Waals surface area contributed by atoms with E-state index in [9.17, 15) is 0 Å². The Balaban J connectivity index is 3.78. The summed E-state index contributed by atoms with van der Waals surface area (Å²) in [6, 6.07) is 0. The van der Waals surface area contributed by atoms with Gasteiger partial charge in [0.1, 0.15) is 0 Å². The fourth-order valence-corrected chi connectivity index (χ4v) is 8.61. The van der Waals surface area contributed by atoms with E-state index in [1.54, 1.807) is 10.3 Å². The Morgan fingerprint density at radius 1 is 0.682 bits per heavy atom. The van der Waals surface area contributed by atoms with Crippen molar-refractivity contribution in [1.29, 1.82) is 0 Å². The fraction of sp³-hybridized carbons (Fsp3) is 0.800. The van der Waals surface area contributed by atoms with Crippen molar-refractivity contribution >= 4 is 21.2 Å². The molecule has 2 heteroatoms. The summed E-state index contributed by atoms with van der Waals surface area (Å²) in [5, 5.41) is 5.04. The van der Waals surface area contributed by atoms with Gasteiger partial charge in [-0.15, -0.1) is 5.73 Å².